The Labute approximate surface area is 238 Å². The van der Waals surface area contributed by atoms with Crippen LogP contribution in [0.2, 0.25) is 0 Å². The van der Waals surface area contributed by atoms with Gasteiger partial charge in [0.15, 0.2) is 11.5 Å². The van der Waals surface area contributed by atoms with Crippen molar-refractivity contribution in [2.45, 2.75) is 0 Å². The largest absolute Gasteiger partial charge is 0.458 e. The third kappa shape index (κ3) is 3.36. The van der Waals surface area contributed by atoms with Gasteiger partial charge in [0, 0.05) is 11.2 Å². The summed E-state index contributed by atoms with van der Waals surface area (Å²) in [4.78, 5) is 2.26. The van der Waals surface area contributed by atoms with Gasteiger partial charge in [-0.05, 0) is 82.7 Å². The van der Waals surface area contributed by atoms with Crippen LogP contribution in [0.25, 0.3) is 11.1 Å². The molecule has 0 aliphatic carbocycles. The number of para-hydroxylation sites is 5. The molecule has 3 aliphatic rings. The number of anilines is 3. The van der Waals surface area contributed by atoms with Crippen LogP contribution in [-0.4, -0.2) is 6.71 Å². The predicted molar refractivity (Wildman–Crippen MR) is 164 cm³/mol. The van der Waals surface area contributed by atoms with E-state index in [0.717, 1.165) is 79.1 Å². The Morgan fingerprint density at radius 2 is 0.976 bits per heavy atom. The highest BCUT2D eigenvalue weighted by Crippen LogP contribution is 2.51. The van der Waals surface area contributed by atoms with Crippen LogP contribution >= 0.6 is 0 Å². The maximum absolute atomic E-state index is 6.54. The SMILES string of the molecule is c1ccc(N2c3ccccc3Oc3ccc(-c4cc5c6c(c4)Oc4ccccc4B6c4ccccc4O5)cc32)cc1. The first-order chi connectivity index (χ1) is 20.3. The van der Waals surface area contributed by atoms with Crippen molar-refractivity contribution in [2.75, 3.05) is 4.90 Å². The summed E-state index contributed by atoms with van der Waals surface area (Å²) in [5.41, 5.74) is 8.53. The molecular formula is C36H22BNO3. The molecule has 0 atom stereocenters. The summed E-state index contributed by atoms with van der Waals surface area (Å²) in [7, 11) is 0. The highest BCUT2D eigenvalue weighted by Gasteiger charge is 2.40. The summed E-state index contributed by atoms with van der Waals surface area (Å²) in [5.74, 6) is 5.07. The maximum Gasteiger partial charge on any atom is 0.260 e. The Morgan fingerprint density at radius 1 is 0.415 bits per heavy atom. The van der Waals surface area contributed by atoms with E-state index in [1.165, 1.54) is 0 Å². The summed E-state index contributed by atoms with van der Waals surface area (Å²) in [5, 5.41) is 0. The molecule has 0 bridgehead atoms. The van der Waals surface area contributed by atoms with Crippen LogP contribution in [0.1, 0.15) is 0 Å². The van der Waals surface area contributed by atoms with Crippen molar-refractivity contribution in [1.29, 1.82) is 0 Å². The summed E-state index contributed by atoms with van der Waals surface area (Å²) in [6.45, 7) is 0.0611. The average molecular weight is 527 g/mol. The zero-order valence-corrected chi connectivity index (χ0v) is 22.0. The second kappa shape index (κ2) is 8.54. The maximum atomic E-state index is 6.54. The third-order valence-electron chi connectivity index (χ3n) is 8.17. The van der Waals surface area contributed by atoms with E-state index in [1.54, 1.807) is 0 Å². The monoisotopic (exact) mass is 527 g/mol. The molecule has 0 aromatic heterocycles. The van der Waals surface area contributed by atoms with Gasteiger partial charge in [0.1, 0.15) is 23.0 Å². The van der Waals surface area contributed by atoms with Gasteiger partial charge in [-0.3, -0.25) is 0 Å². The van der Waals surface area contributed by atoms with E-state index >= 15 is 0 Å². The second-order valence-electron chi connectivity index (χ2n) is 10.5. The zero-order chi connectivity index (χ0) is 26.9. The Kier molecular flexibility index (Phi) is 4.67. The minimum Gasteiger partial charge on any atom is -0.458 e. The molecule has 0 radical (unpaired) electrons. The van der Waals surface area contributed by atoms with Gasteiger partial charge in [-0.2, -0.15) is 0 Å². The molecule has 0 saturated heterocycles. The quantitative estimate of drug-likeness (QED) is 0.216. The van der Waals surface area contributed by atoms with Crippen LogP contribution in [0.4, 0.5) is 17.1 Å². The summed E-state index contributed by atoms with van der Waals surface area (Å²) in [6, 6.07) is 45.8. The molecule has 4 nitrogen and oxygen atoms in total. The van der Waals surface area contributed by atoms with E-state index in [0.29, 0.717) is 0 Å². The lowest BCUT2D eigenvalue weighted by atomic mass is 9.35. The van der Waals surface area contributed by atoms with E-state index in [2.05, 4.69) is 89.8 Å². The molecule has 0 spiro atoms. The molecule has 0 amide bonds. The fourth-order valence-electron chi connectivity index (χ4n) is 6.35. The number of benzene rings is 6. The van der Waals surface area contributed by atoms with Gasteiger partial charge in [0.25, 0.3) is 6.71 Å². The molecule has 0 saturated carbocycles. The van der Waals surface area contributed by atoms with Gasteiger partial charge in [0.2, 0.25) is 0 Å². The van der Waals surface area contributed by atoms with Gasteiger partial charge in [0.05, 0.1) is 11.4 Å². The standard InChI is InChI=1S/C36H22BNO3/c1-2-10-25(11-3-1)38-28-14-6-9-17-32(28)41-33-19-18-23(20-29(33)38)24-21-34-36-35(22-24)40-31-16-8-5-13-27(31)37(36)26-12-4-7-15-30(26)39-34/h1-22H. The predicted octanol–water partition coefficient (Wildman–Crippen LogP) is 7.66. The summed E-state index contributed by atoms with van der Waals surface area (Å²) >= 11 is 0. The van der Waals surface area contributed by atoms with Gasteiger partial charge < -0.3 is 19.1 Å². The van der Waals surface area contributed by atoms with E-state index in [9.17, 15) is 0 Å². The fraction of sp³-hybridized carbons (Fsp3) is 0. The van der Waals surface area contributed by atoms with Crippen LogP contribution in [0.15, 0.2) is 133 Å². The number of ether oxygens (including phenoxy) is 3. The highest BCUT2D eigenvalue weighted by atomic mass is 16.5. The van der Waals surface area contributed by atoms with E-state index in [1.807, 2.05) is 48.5 Å². The molecule has 0 unspecified atom stereocenters. The van der Waals surface area contributed by atoms with Crippen LogP contribution in [0.5, 0.6) is 34.5 Å². The lowest BCUT2D eigenvalue weighted by molar-refractivity contribution is 0.465. The lowest BCUT2D eigenvalue weighted by Crippen LogP contribution is -2.57. The summed E-state index contributed by atoms with van der Waals surface area (Å²) in [6.07, 6.45) is 0. The smallest absolute Gasteiger partial charge is 0.260 e. The minimum atomic E-state index is 0.0611. The van der Waals surface area contributed by atoms with E-state index in [-0.39, 0.29) is 6.71 Å². The molecule has 192 valence electrons. The molecule has 3 aliphatic heterocycles. The topological polar surface area (TPSA) is 30.9 Å². The number of hydrogen-bond acceptors (Lipinski definition) is 4. The number of hydrogen-bond donors (Lipinski definition) is 0. The first-order valence-corrected chi connectivity index (χ1v) is 13.8. The van der Waals surface area contributed by atoms with Gasteiger partial charge in [-0.25, -0.2) is 0 Å². The molecule has 6 aromatic rings. The molecule has 5 heteroatoms. The molecule has 41 heavy (non-hydrogen) atoms. The van der Waals surface area contributed by atoms with Crippen molar-refractivity contribution in [3.8, 4) is 45.6 Å². The van der Waals surface area contributed by atoms with Crippen molar-refractivity contribution >= 4 is 40.2 Å². The minimum absolute atomic E-state index is 0.0611. The van der Waals surface area contributed by atoms with E-state index in [4.69, 9.17) is 14.2 Å². The van der Waals surface area contributed by atoms with Crippen molar-refractivity contribution in [3.05, 3.63) is 133 Å². The summed E-state index contributed by atoms with van der Waals surface area (Å²) < 4.78 is 19.4. The van der Waals surface area contributed by atoms with Crippen LogP contribution in [0, 0.1) is 0 Å². The van der Waals surface area contributed by atoms with E-state index < -0.39 is 0 Å². The molecule has 6 aromatic carbocycles. The zero-order valence-electron chi connectivity index (χ0n) is 22.0. The van der Waals surface area contributed by atoms with Crippen molar-refractivity contribution < 1.29 is 14.2 Å². The Hall–Kier alpha value is -5.42. The molecule has 0 fully saturated rings. The Morgan fingerprint density at radius 3 is 1.68 bits per heavy atom. The van der Waals surface area contributed by atoms with Crippen molar-refractivity contribution in [2.24, 2.45) is 0 Å². The number of nitrogens with zero attached hydrogens (tertiary/aromatic N) is 1. The molecule has 3 heterocycles. The third-order valence-corrected chi connectivity index (χ3v) is 8.17. The van der Waals surface area contributed by atoms with Crippen LogP contribution < -0.4 is 35.5 Å². The first-order valence-electron chi connectivity index (χ1n) is 13.8. The highest BCUT2D eigenvalue weighted by molar-refractivity contribution is 6.98. The second-order valence-corrected chi connectivity index (χ2v) is 10.5. The molecule has 9 rings (SSSR count). The first kappa shape index (κ1) is 22.4. The lowest BCUT2D eigenvalue weighted by Gasteiger charge is -2.34. The van der Waals surface area contributed by atoms with Gasteiger partial charge >= 0.3 is 0 Å². The van der Waals surface area contributed by atoms with Crippen LogP contribution in [-0.2, 0) is 0 Å². The normalized spacial score (nSPS) is 13.4. The Balaban J connectivity index is 1.22. The number of rotatable bonds is 2. The average Bonchev–Trinajstić information content (AvgIpc) is 3.03. The molecule has 0 N–H and O–H groups in total. The fourth-order valence-corrected chi connectivity index (χ4v) is 6.35. The number of fused-ring (bicyclic) bond motifs is 6. The van der Waals surface area contributed by atoms with Gasteiger partial charge in [-0.1, -0.05) is 72.8 Å². The van der Waals surface area contributed by atoms with Crippen molar-refractivity contribution in [3.63, 3.8) is 0 Å². The Bertz CT molecular complexity index is 1930. The molecular weight excluding hydrogens is 505 g/mol. The van der Waals surface area contributed by atoms with Gasteiger partial charge in [-0.15, -0.1) is 0 Å². The van der Waals surface area contributed by atoms with Crippen LogP contribution in [0.3, 0.4) is 0 Å². The van der Waals surface area contributed by atoms with Crippen molar-refractivity contribution in [1.82, 2.24) is 0 Å².